The van der Waals surface area contributed by atoms with Crippen molar-refractivity contribution in [2.24, 2.45) is 11.8 Å². The maximum Gasteiger partial charge on any atom is 0.236 e. The summed E-state index contributed by atoms with van der Waals surface area (Å²) in [5.74, 6) is 1.85. The summed E-state index contributed by atoms with van der Waals surface area (Å²) < 4.78 is 6.26. The van der Waals surface area contributed by atoms with Crippen LogP contribution in [-0.4, -0.2) is 80.8 Å². The van der Waals surface area contributed by atoms with Gasteiger partial charge < -0.3 is 35.6 Å². The lowest BCUT2D eigenvalue weighted by molar-refractivity contribution is -0.133. The number of phenolic OH excluding ortho intramolecular Hbond substituents is 1. The standard InChI is InChI=1S/C31H43N5O4/c37-28-6-3-23(4-7-28)9-11-34-30(38)19-24-10-14-36-22-25(24)2-1-17-40-29-8-5-27(35-15-12-32-13-16-35)18-26(29)20-33-21-31(36)39/h3-8,18,24-25,32-33,37H,1-2,9-17,19-22H2,(H,34,38)/t24-,25-/m0/s1. The van der Waals surface area contributed by atoms with Gasteiger partial charge in [0.05, 0.1) is 13.2 Å². The smallest absolute Gasteiger partial charge is 0.236 e. The highest BCUT2D eigenvalue weighted by Crippen LogP contribution is 2.31. The zero-order valence-electron chi connectivity index (χ0n) is 23.4. The van der Waals surface area contributed by atoms with Crippen molar-refractivity contribution >= 4 is 17.5 Å². The maximum atomic E-state index is 13.1. The van der Waals surface area contributed by atoms with E-state index in [0.717, 1.165) is 68.7 Å². The number of rotatable bonds is 6. The first-order valence-electron chi connectivity index (χ1n) is 14.8. The number of fused-ring (bicyclic) bond motifs is 3. The fourth-order valence-corrected chi connectivity index (χ4v) is 6.13. The average Bonchev–Trinajstić information content (AvgIpc) is 2.98. The van der Waals surface area contributed by atoms with Crippen LogP contribution in [0.2, 0.25) is 0 Å². The van der Waals surface area contributed by atoms with Crippen LogP contribution >= 0.6 is 0 Å². The molecule has 0 unspecified atom stereocenters. The topological polar surface area (TPSA) is 106 Å². The van der Waals surface area contributed by atoms with Gasteiger partial charge in [-0.1, -0.05) is 12.1 Å². The number of nitrogens with zero attached hydrogens (tertiary/aromatic N) is 2. The zero-order valence-corrected chi connectivity index (χ0v) is 23.4. The van der Waals surface area contributed by atoms with E-state index in [9.17, 15) is 14.7 Å². The van der Waals surface area contributed by atoms with Gasteiger partial charge in [0.25, 0.3) is 0 Å². The quantitative estimate of drug-likeness (QED) is 0.438. The molecule has 2 aromatic rings. The molecule has 0 aliphatic carbocycles. The minimum Gasteiger partial charge on any atom is -0.508 e. The Kier molecular flexibility index (Phi) is 9.78. The van der Waals surface area contributed by atoms with Crippen molar-refractivity contribution in [1.82, 2.24) is 20.9 Å². The van der Waals surface area contributed by atoms with E-state index in [2.05, 4.69) is 39.0 Å². The number of phenols is 1. The Hall–Kier alpha value is -3.30. The molecule has 2 bridgehead atoms. The van der Waals surface area contributed by atoms with Gasteiger partial charge in [-0.2, -0.15) is 0 Å². The lowest BCUT2D eigenvalue weighted by atomic mass is 9.80. The summed E-state index contributed by atoms with van der Waals surface area (Å²) in [7, 11) is 0. The van der Waals surface area contributed by atoms with Crippen molar-refractivity contribution in [3.63, 3.8) is 0 Å². The van der Waals surface area contributed by atoms with Gasteiger partial charge in [0.1, 0.15) is 11.5 Å². The van der Waals surface area contributed by atoms with Crippen molar-refractivity contribution in [2.45, 2.75) is 38.6 Å². The van der Waals surface area contributed by atoms with Crippen molar-refractivity contribution in [1.29, 1.82) is 0 Å². The Bertz CT molecular complexity index is 1140. The number of anilines is 1. The van der Waals surface area contributed by atoms with E-state index in [4.69, 9.17) is 4.74 Å². The lowest BCUT2D eigenvalue weighted by Gasteiger charge is -2.38. The molecule has 0 saturated carbocycles. The fourth-order valence-electron chi connectivity index (χ4n) is 6.13. The second kappa shape index (κ2) is 13.9. The van der Waals surface area contributed by atoms with Crippen molar-refractivity contribution in [2.75, 3.05) is 63.9 Å². The van der Waals surface area contributed by atoms with Crippen LogP contribution < -0.4 is 25.6 Å². The molecule has 0 aromatic heterocycles. The van der Waals surface area contributed by atoms with E-state index in [-0.39, 0.29) is 29.4 Å². The predicted molar refractivity (Wildman–Crippen MR) is 156 cm³/mol. The summed E-state index contributed by atoms with van der Waals surface area (Å²) >= 11 is 0. The number of ether oxygens (including phenoxy) is 1. The zero-order chi connectivity index (χ0) is 27.7. The van der Waals surface area contributed by atoms with Crippen LogP contribution in [0, 0.1) is 11.8 Å². The molecule has 2 atom stereocenters. The number of piperidine rings is 1. The van der Waals surface area contributed by atoms with E-state index in [1.807, 2.05) is 17.0 Å². The second-order valence-corrected chi connectivity index (χ2v) is 11.2. The second-order valence-electron chi connectivity index (χ2n) is 11.2. The number of aromatic hydroxyl groups is 1. The summed E-state index contributed by atoms with van der Waals surface area (Å²) in [6.45, 7) is 7.42. The van der Waals surface area contributed by atoms with E-state index in [1.165, 1.54) is 5.69 Å². The summed E-state index contributed by atoms with van der Waals surface area (Å²) in [6.07, 6.45) is 3.87. The number of hydrogen-bond donors (Lipinski definition) is 4. The lowest BCUT2D eigenvalue weighted by Crippen LogP contribution is -2.47. The minimum atomic E-state index is 0.0682. The van der Waals surface area contributed by atoms with E-state index < -0.39 is 0 Å². The molecular formula is C31H43N5O4. The molecule has 40 heavy (non-hydrogen) atoms. The molecule has 2 fully saturated rings. The van der Waals surface area contributed by atoms with Gasteiger partial charge in [0.15, 0.2) is 0 Å². The van der Waals surface area contributed by atoms with E-state index in [0.29, 0.717) is 45.8 Å². The highest BCUT2D eigenvalue weighted by atomic mass is 16.5. The molecule has 3 aliphatic rings. The largest absolute Gasteiger partial charge is 0.508 e. The molecule has 2 saturated heterocycles. The number of benzene rings is 2. The van der Waals surface area contributed by atoms with Crippen LogP contribution in [-0.2, 0) is 22.6 Å². The number of hydrogen-bond acceptors (Lipinski definition) is 7. The highest BCUT2D eigenvalue weighted by Gasteiger charge is 2.32. The maximum absolute atomic E-state index is 13.1. The van der Waals surface area contributed by atoms with Crippen LogP contribution in [0.25, 0.3) is 0 Å². The van der Waals surface area contributed by atoms with Gasteiger partial charge in [0, 0.05) is 70.0 Å². The number of nitrogens with one attached hydrogen (secondary N) is 3. The predicted octanol–water partition coefficient (Wildman–Crippen LogP) is 2.28. The van der Waals surface area contributed by atoms with Crippen LogP contribution in [0.1, 0.15) is 36.8 Å². The number of carbonyl (C=O) groups excluding carboxylic acids is 2. The molecule has 0 radical (unpaired) electrons. The molecule has 4 N–H and O–H groups in total. The Labute approximate surface area is 237 Å². The monoisotopic (exact) mass is 549 g/mol. The number of piperazine rings is 1. The number of carbonyl (C=O) groups is 2. The summed E-state index contributed by atoms with van der Waals surface area (Å²) in [4.78, 5) is 30.3. The van der Waals surface area contributed by atoms with E-state index >= 15 is 0 Å². The first-order valence-corrected chi connectivity index (χ1v) is 14.8. The van der Waals surface area contributed by atoms with Gasteiger partial charge in [-0.3, -0.25) is 9.59 Å². The van der Waals surface area contributed by atoms with Gasteiger partial charge >= 0.3 is 0 Å². The van der Waals surface area contributed by atoms with Gasteiger partial charge in [0.2, 0.25) is 11.8 Å². The summed E-state index contributed by atoms with van der Waals surface area (Å²) in [6, 6.07) is 13.5. The Balaban J connectivity index is 1.17. The van der Waals surface area contributed by atoms with Gasteiger partial charge in [-0.25, -0.2) is 0 Å². The molecule has 9 nitrogen and oxygen atoms in total. The van der Waals surface area contributed by atoms with Crippen LogP contribution in [0.4, 0.5) is 5.69 Å². The Morgan fingerprint density at radius 2 is 1.82 bits per heavy atom. The Morgan fingerprint density at radius 3 is 2.65 bits per heavy atom. The Morgan fingerprint density at radius 1 is 1.00 bits per heavy atom. The van der Waals surface area contributed by atoms with Gasteiger partial charge in [-0.15, -0.1) is 0 Å². The summed E-state index contributed by atoms with van der Waals surface area (Å²) in [5, 5.41) is 19.3. The molecular weight excluding hydrogens is 506 g/mol. The fraction of sp³-hybridized carbons (Fsp3) is 0.548. The highest BCUT2D eigenvalue weighted by molar-refractivity contribution is 5.79. The normalized spacial score (nSPS) is 22.2. The molecule has 3 heterocycles. The third-order valence-electron chi connectivity index (χ3n) is 8.46. The van der Waals surface area contributed by atoms with Crippen LogP contribution in [0.15, 0.2) is 42.5 Å². The average molecular weight is 550 g/mol. The third-order valence-corrected chi connectivity index (χ3v) is 8.46. The molecule has 2 aromatic carbocycles. The molecule has 9 heteroatoms. The van der Waals surface area contributed by atoms with Crippen molar-refractivity contribution in [3.8, 4) is 11.5 Å². The van der Waals surface area contributed by atoms with Crippen LogP contribution in [0.3, 0.4) is 0 Å². The first-order chi connectivity index (χ1) is 19.5. The first kappa shape index (κ1) is 28.2. The van der Waals surface area contributed by atoms with Crippen molar-refractivity contribution < 1.29 is 19.4 Å². The van der Waals surface area contributed by atoms with Crippen LogP contribution in [0.5, 0.6) is 11.5 Å². The molecule has 216 valence electrons. The van der Waals surface area contributed by atoms with Gasteiger partial charge in [-0.05, 0) is 73.4 Å². The van der Waals surface area contributed by atoms with E-state index in [1.54, 1.807) is 12.1 Å². The molecule has 3 aliphatic heterocycles. The summed E-state index contributed by atoms with van der Waals surface area (Å²) in [5.41, 5.74) is 3.36. The minimum absolute atomic E-state index is 0.0682. The number of amides is 2. The molecule has 5 rings (SSSR count). The SMILES string of the molecule is O=C(C[C@@H]1CCN2C[C@@H]1CCCOc1ccc(N3CCNCC3)cc1CNCC2=O)NCCc1ccc(O)cc1. The third kappa shape index (κ3) is 7.67. The molecule has 2 amide bonds. The molecule has 0 spiro atoms. The van der Waals surface area contributed by atoms with Crippen molar-refractivity contribution in [3.05, 3.63) is 53.6 Å².